The Kier molecular flexibility index (Phi) is 6.00. The second kappa shape index (κ2) is 7.77. The van der Waals surface area contributed by atoms with Crippen LogP contribution < -0.4 is 4.72 Å². The van der Waals surface area contributed by atoms with E-state index in [0.29, 0.717) is 5.02 Å². The lowest BCUT2D eigenvalue weighted by Gasteiger charge is -2.09. The zero-order valence-corrected chi connectivity index (χ0v) is 14.1. The van der Waals surface area contributed by atoms with Gasteiger partial charge in [-0.1, -0.05) is 55.3 Å². The van der Waals surface area contributed by atoms with Crippen molar-refractivity contribution in [3.8, 4) is 0 Å². The van der Waals surface area contributed by atoms with Crippen molar-refractivity contribution in [1.82, 2.24) is 4.72 Å². The van der Waals surface area contributed by atoms with Gasteiger partial charge in [0.1, 0.15) is 0 Å². The minimum Gasteiger partial charge on any atom is -0.207 e. The summed E-state index contributed by atoms with van der Waals surface area (Å²) in [6, 6.07) is 14.2. The van der Waals surface area contributed by atoms with Gasteiger partial charge in [-0.05, 0) is 42.2 Å². The molecule has 118 valence electrons. The first-order valence-electron chi connectivity index (χ1n) is 7.35. The summed E-state index contributed by atoms with van der Waals surface area (Å²) in [5.41, 5.74) is 1.92. The average Bonchev–Trinajstić information content (AvgIpc) is 2.52. The Morgan fingerprint density at radius 2 is 1.73 bits per heavy atom. The standard InChI is InChI=1S/C17H20ClNO2S/c1-2-3-6-14-9-11-16(12-10-14)22(20,21)19-13-15-7-4-5-8-17(15)18/h4-5,7-12,19H,2-3,6,13H2,1H3. The number of hydrogen-bond donors (Lipinski definition) is 1. The third-order valence-corrected chi connectivity index (χ3v) is 5.25. The molecule has 0 saturated carbocycles. The van der Waals surface area contributed by atoms with Gasteiger partial charge in [-0.3, -0.25) is 0 Å². The first-order chi connectivity index (χ1) is 10.5. The molecular formula is C17H20ClNO2S. The molecule has 1 N–H and O–H groups in total. The fourth-order valence-corrected chi connectivity index (χ4v) is 3.32. The largest absolute Gasteiger partial charge is 0.240 e. The molecule has 0 saturated heterocycles. The van der Waals surface area contributed by atoms with Crippen molar-refractivity contribution in [2.75, 3.05) is 0 Å². The van der Waals surface area contributed by atoms with E-state index in [-0.39, 0.29) is 11.4 Å². The van der Waals surface area contributed by atoms with Gasteiger partial charge in [0.25, 0.3) is 0 Å². The third kappa shape index (κ3) is 4.57. The van der Waals surface area contributed by atoms with Crippen LogP contribution in [0.4, 0.5) is 0 Å². The Labute approximate surface area is 137 Å². The third-order valence-electron chi connectivity index (χ3n) is 3.46. The fraction of sp³-hybridized carbons (Fsp3) is 0.294. The molecular weight excluding hydrogens is 318 g/mol. The van der Waals surface area contributed by atoms with Crippen molar-refractivity contribution >= 4 is 21.6 Å². The number of hydrogen-bond acceptors (Lipinski definition) is 2. The lowest BCUT2D eigenvalue weighted by atomic mass is 10.1. The minimum atomic E-state index is -3.52. The topological polar surface area (TPSA) is 46.2 Å². The second-order valence-electron chi connectivity index (χ2n) is 5.16. The predicted molar refractivity (Wildman–Crippen MR) is 90.5 cm³/mol. The van der Waals surface area contributed by atoms with Crippen LogP contribution in [0, 0.1) is 0 Å². The molecule has 0 aliphatic heterocycles. The van der Waals surface area contributed by atoms with Crippen molar-refractivity contribution in [3.05, 3.63) is 64.7 Å². The summed E-state index contributed by atoms with van der Waals surface area (Å²) in [4.78, 5) is 0.278. The van der Waals surface area contributed by atoms with E-state index in [2.05, 4.69) is 11.6 Å². The Hall–Kier alpha value is -1.36. The van der Waals surface area contributed by atoms with Crippen molar-refractivity contribution < 1.29 is 8.42 Å². The molecule has 0 fully saturated rings. The SMILES string of the molecule is CCCCc1ccc(S(=O)(=O)NCc2ccccc2Cl)cc1. The number of sulfonamides is 1. The van der Waals surface area contributed by atoms with Crippen molar-refractivity contribution in [1.29, 1.82) is 0 Å². The molecule has 0 aliphatic rings. The van der Waals surface area contributed by atoms with E-state index >= 15 is 0 Å². The predicted octanol–water partition coefficient (Wildman–Crippen LogP) is 4.16. The number of benzene rings is 2. The smallest absolute Gasteiger partial charge is 0.207 e. The molecule has 0 radical (unpaired) electrons. The second-order valence-corrected chi connectivity index (χ2v) is 7.34. The fourth-order valence-electron chi connectivity index (χ4n) is 2.11. The molecule has 5 heteroatoms. The highest BCUT2D eigenvalue weighted by Crippen LogP contribution is 2.17. The summed E-state index contributed by atoms with van der Waals surface area (Å²) in [5.74, 6) is 0. The quantitative estimate of drug-likeness (QED) is 0.824. The van der Waals surface area contributed by atoms with Crippen LogP contribution in [0.15, 0.2) is 53.4 Å². The van der Waals surface area contributed by atoms with Crippen LogP contribution in [0.3, 0.4) is 0 Å². The maximum atomic E-state index is 12.3. The van der Waals surface area contributed by atoms with Crippen molar-refractivity contribution in [3.63, 3.8) is 0 Å². The summed E-state index contributed by atoms with van der Waals surface area (Å²) < 4.78 is 27.2. The highest BCUT2D eigenvalue weighted by Gasteiger charge is 2.14. The van der Waals surface area contributed by atoms with E-state index < -0.39 is 10.0 Å². The van der Waals surface area contributed by atoms with E-state index in [4.69, 9.17) is 11.6 Å². The van der Waals surface area contributed by atoms with E-state index in [1.807, 2.05) is 24.3 Å². The van der Waals surface area contributed by atoms with E-state index in [9.17, 15) is 8.42 Å². The molecule has 0 aliphatic carbocycles. The van der Waals surface area contributed by atoms with Gasteiger partial charge in [0.15, 0.2) is 0 Å². The van der Waals surface area contributed by atoms with E-state index in [0.717, 1.165) is 30.4 Å². The van der Waals surface area contributed by atoms with E-state index in [1.54, 1.807) is 24.3 Å². The molecule has 2 aromatic rings. The van der Waals surface area contributed by atoms with E-state index in [1.165, 1.54) is 0 Å². The average molecular weight is 338 g/mol. The highest BCUT2D eigenvalue weighted by molar-refractivity contribution is 7.89. The molecule has 0 heterocycles. The van der Waals surface area contributed by atoms with Gasteiger partial charge in [0.05, 0.1) is 4.90 Å². The summed E-state index contributed by atoms with van der Waals surface area (Å²) in [5, 5.41) is 0.556. The maximum Gasteiger partial charge on any atom is 0.240 e. The lowest BCUT2D eigenvalue weighted by Crippen LogP contribution is -2.23. The molecule has 0 bridgehead atoms. The first-order valence-corrected chi connectivity index (χ1v) is 9.21. The van der Waals surface area contributed by atoms with Gasteiger partial charge in [0.2, 0.25) is 10.0 Å². The van der Waals surface area contributed by atoms with Crippen molar-refractivity contribution in [2.24, 2.45) is 0 Å². The number of nitrogens with one attached hydrogen (secondary N) is 1. The number of halogens is 1. The highest BCUT2D eigenvalue weighted by atomic mass is 35.5. The Bertz CT molecular complexity index is 712. The van der Waals surface area contributed by atoms with Crippen molar-refractivity contribution in [2.45, 2.75) is 37.6 Å². The Morgan fingerprint density at radius 1 is 1.05 bits per heavy atom. The van der Waals surface area contributed by atoms with Crippen LogP contribution in [0.1, 0.15) is 30.9 Å². The summed E-state index contributed by atoms with van der Waals surface area (Å²) in [6.45, 7) is 2.32. The van der Waals surface area contributed by atoms with Crippen LogP contribution in [-0.2, 0) is 23.0 Å². The molecule has 2 aromatic carbocycles. The van der Waals surface area contributed by atoms with Crippen LogP contribution in [0.2, 0.25) is 5.02 Å². The number of rotatable bonds is 7. The molecule has 0 aromatic heterocycles. The number of aryl methyl sites for hydroxylation is 1. The molecule has 0 atom stereocenters. The zero-order chi connectivity index (χ0) is 16.0. The van der Waals surface area contributed by atoms with Crippen LogP contribution >= 0.6 is 11.6 Å². The van der Waals surface area contributed by atoms with Gasteiger partial charge in [-0.15, -0.1) is 0 Å². The Balaban J connectivity index is 2.05. The van der Waals surface area contributed by atoms with Gasteiger partial charge < -0.3 is 0 Å². The van der Waals surface area contributed by atoms with Crippen LogP contribution in [-0.4, -0.2) is 8.42 Å². The summed E-state index contributed by atoms with van der Waals surface area (Å²) in [7, 11) is -3.52. The first kappa shape index (κ1) is 17.0. The molecule has 22 heavy (non-hydrogen) atoms. The zero-order valence-electron chi connectivity index (χ0n) is 12.5. The van der Waals surface area contributed by atoms with Crippen LogP contribution in [0.5, 0.6) is 0 Å². The number of unbranched alkanes of at least 4 members (excludes halogenated alkanes) is 1. The molecule has 0 spiro atoms. The molecule has 0 amide bonds. The van der Waals surface area contributed by atoms with Gasteiger partial charge in [-0.25, -0.2) is 13.1 Å². The van der Waals surface area contributed by atoms with Gasteiger partial charge in [0, 0.05) is 11.6 Å². The molecule has 2 rings (SSSR count). The monoisotopic (exact) mass is 337 g/mol. The lowest BCUT2D eigenvalue weighted by molar-refractivity contribution is 0.581. The molecule has 3 nitrogen and oxygen atoms in total. The van der Waals surface area contributed by atoms with Crippen LogP contribution in [0.25, 0.3) is 0 Å². The summed E-state index contributed by atoms with van der Waals surface area (Å²) in [6.07, 6.45) is 3.21. The minimum absolute atomic E-state index is 0.180. The molecule has 0 unspecified atom stereocenters. The normalized spacial score (nSPS) is 11.5. The van der Waals surface area contributed by atoms with Gasteiger partial charge >= 0.3 is 0 Å². The Morgan fingerprint density at radius 3 is 2.36 bits per heavy atom. The maximum absolute atomic E-state index is 12.3. The summed E-state index contributed by atoms with van der Waals surface area (Å²) >= 11 is 6.03. The van der Waals surface area contributed by atoms with Gasteiger partial charge in [-0.2, -0.15) is 0 Å².